The van der Waals surface area contributed by atoms with Crippen molar-refractivity contribution in [1.29, 1.82) is 0 Å². The van der Waals surface area contributed by atoms with Gasteiger partial charge in [0, 0.05) is 19.0 Å². The minimum atomic E-state index is -0.339. The van der Waals surface area contributed by atoms with Gasteiger partial charge in [0.1, 0.15) is 0 Å². The zero-order valence-electron chi connectivity index (χ0n) is 16.8. The van der Waals surface area contributed by atoms with E-state index in [9.17, 15) is 14.4 Å². The van der Waals surface area contributed by atoms with E-state index in [1.165, 1.54) is 18.9 Å². The maximum Gasteiger partial charge on any atom is 0.305 e. The fourth-order valence-electron chi connectivity index (χ4n) is 3.01. The Morgan fingerprint density at radius 2 is 2.03 bits per heavy atom. The number of ether oxygens (including phenoxy) is 1. The molecule has 1 aliphatic rings. The molecular weight excluding hydrogens is 390 g/mol. The number of nitrogens with one attached hydrogen (secondary N) is 1. The molecule has 1 fully saturated rings. The van der Waals surface area contributed by atoms with Gasteiger partial charge in [0.05, 0.1) is 23.3 Å². The summed E-state index contributed by atoms with van der Waals surface area (Å²) in [6, 6.07) is 7.56. The van der Waals surface area contributed by atoms with E-state index in [0.29, 0.717) is 41.5 Å². The molecule has 0 spiro atoms. The van der Waals surface area contributed by atoms with Crippen LogP contribution in [0.5, 0.6) is 0 Å². The lowest BCUT2D eigenvalue weighted by Crippen LogP contribution is -2.33. The van der Waals surface area contributed by atoms with Crippen LogP contribution in [0.1, 0.15) is 45.4 Å². The lowest BCUT2D eigenvalue weighted by atomic mass is 10.2. The van der Waals surface area contributed by atoms with Crippen LogP contribution < -0.4 is 10.9 Å². The lowest BCUT2D eigenvalue weighted by Gasteiger charge is -2.16. The molecule has 1 heterocycles. The summed E-state index contributed by atoms with van der Waals surface area (Å²) in [5.41, 5.74) is 0.539. The molecule has 0 saturated heterocycles. The van der Waals surface area contributed by atoms with Gasteiger partial charge in [-0.05, 0) is 44.7 Å². The van der Waals surface area contributed by atoms with E-state index in [4.69, 9.17) is 0 Å². The molecule has 0 unspecified atom stereocenters. The second-order valence-corrected chi connectivity index (χ2v) is 8.61. The molecule has 1 saturated carbocycles. The van der Waals surface area contributed by atoms with Crippen LogP contribution in [-0.2, 0) is 20.9 Å². The highest BCUT2D eigenvalue weighted by Gasteiger charge is 2.27. The quantitative estimate of drug-likeness (QED) is 0.277. The second kappa shape index (κ2) is 9.91. The van der Waals surface area contributed by atoms with Gasteiger partial charge >= 0.3 is 5.97 Å². The summed E-state index contributed by atoms with van der Waals surface area (Å²) in [7, 11) is 1.38. The number of aromatic nitrogens is 2. The van der Waals surface area contributed by atoms with Crippen LogP contribution in [0.4, 0.5) is 0 Å². The molecule has 29 heavy (non-hydrogen) atoms. The van der Waals surface area contributed by atoms with Gasteiger partial charge in [-0.3, -0.25) is 19.0 Å². The average Bonchev–Trinajstić information content (AvgIpc) is 3.53. The van der Waals surface area contributed by atoms with Crippen molar-refractivity contribution in [1.82, 2.24) is 14.9 Å². The number of thioether (sulfide) groups is 1. The van der Waals surface area contributed by atoms with Gasteiger partial charge in [-0.1, -0.05) is 30.3 Å². The summed E-state index contributed by atoms with van der Waals surface area (Å²) in [6.07, 6.45) is 4.71. The van der Waals surface area contributed by atoms with Gasteiger partial charge < -0.3 is 10.1 Å². The maximum absolute atomic E-state index is 13.0. The molecule has 1 atom stereocenters. The van der Waals surface area contributed by atoms with E-state index < -0.39 is 0 Å². The van der Waals surface area contributed by atoms with Crippen molar-refractivity contribution in [3.05, 3.63) is 34.6 Å². The van der Waals surface area contributed by atoms with Crippen LogP contribution in [-0.4, -0.2) is 39.8 Å². The number of amides is 1. The van der Waals surface area contributed by atoms with Crippen LogP contribution in [0.25, 0.3) is 10.9 Å². The minimum absolute atomic E-state index is 0.0236. The largest absolute Gasteiger partial charge is 0.469 e. The molecular formula is C21H27N3O4S. The molecule has 0 bridgehead atoms. The maximum atomic E-state index is 13.0. The Bertz CT molecular complexity index is 939. The molecule has 0 aliphatic heterocycles. The van der Waals surface area contributed by atoms with E-state index in [1.807, 2.05) is 25.1 Å². The smallest absolute Gasteiger partial charge is 0.305 e. The minimum Gasteiger partial charge on any atom is -0.469 e. The first kappa shape index (κ1) is 21.4. The summed E-state index contributed by atoms with van der Waals surface area (Å²) < 4.78 is 6.31. The van der Waals surface area contributed by atoms with Crippen LogP contribution in [0.2, 0.25) is 0 Å². The zero-order chi connectivity index (χ0) is 20.8. The number of hydrogen-bond acceptors (Lipinski definition) is 6. The molecule has 7 nitrogen and oxygen atoms in total. The van der Waals surface area contributed by atoms with Gasteiger partial charge in [0.2, 0.25) is 5.91 Å². The Hall–Kier alpha value is -2.35. The standard InChI is InChI=1S/C21H27N3O4S/c1-14(19(26)22-15-11-12-15)29-21-23-17-9-6-5-8-16(17)20(27)24(21)13-7-3-4-10-18(25)28-2/h5-6,8-9,14-15H,3-4,7,10-13H2,1-2H3,(H,22,26)/t14-/m1/s1. The van der Waals surface area contributed by atoms with Crippen molar-refractivity contribution in [3.8, 4) is 0 Å². The van der Waals surface area contributed by atoms with Crippen molar-refractivity contribution >= 4 is 34.5 Å². The highest BCUT2D eigenvalue weighted by Crippen LogP contribution is 2.25. The van der Waals surface area contributed by atoms with Gasteiger partial charge in [-0.25, -0.2) is 4.98 Å². The van der Waals surface area contributed by atoms with Crippen molar-refractivity contribution in [3.63, 3.8) is 0 Å². The normalized spacial score (nSPS) is 14.6. The van der Waals surface area contributed by atoms with Crippen molar-refractivity contribution < 1.29 is 14.3 Å². The summed E-state index contributed by atoms with van der Waals surface area (Å²) in [6.45, 7) is 2.33. The molecule has 2 aromatic rings. The third-order valence-electron chi connectivity index (χ3n) is 4.89. The first-order chi connectivity index (χ1) is 14.0. The van der Waals surface area contributed by atoms with Crippen LogP contribution >= 0.6 is 11.8 Å². The Kier molecular flexibility index (Phi) is 7.30. The number of carbonyl (C=O) groups is 2. The van der Waals surface area contributed by atoms with E-state index >= 15 is 0 Å². The highest BCUT2D eigenvalue weighted by molar-refractivity contribution is 8.00. The Morgan fingerprint density at radius 1 is 1.28 bits per heavy atom. The number of benzene rings is 1. The summed E-state index contributed by atoms with van der Waals surface area (Å²) >= 11 is 1.32. The molecule has 1 N–H and O–H groups in total. The Morgan fingerprint density at radius 3 is 2.76 bits per heavy atom. The Balaban J connectivity index is 1.74. The second-order valence-electron chi connectivity index (χ2n) is 7.30. The number of rotatable bonds is 10. The van der Waals surface area contributed by atoms with E-state index in [-0.39, 0.29) is 22.7 Å². The predicted octanol–water partition coefficient (Wildman–Crippen LogP) is 2.89. The molecule has 1 aliphatic carbocycles. The molecule has 1 aromatic carbocycles. The number of fused-ring (bicyclic) bond motifs is 1. The fourth-order valence-corrected chi connectivity index (χ4v) is 3.95. The number of para-hydroxylation sites is 1. The Labute approximate surface area is 174 Å². The topological polar surface area (TPSA) is 90.3 Å². The van der Waals surface area contributed by atoms with Gasteiger partial charge in [0.15, 0.2) is 5.16 Å². The van der Waals surface area contributed by atoms with Gasteiger partial charge in [-0.2, -0.15) is 0 Å². The van der Waals surface area contributed by atoms with Crippen molar-refractivity contribution in [2.75, 3.05) is 7.11 Å². The average molecular weight is 418 g/mol. The number of unbranched alkanes of at least 4 members (excludes halogenated alkanes) is 2. The SMILES string of the molecule is COC(=O)CCCCCn1c(S[C@H](C)C(=O)NC2CC2)nc2ccccc2c1=O. The molecule has 0 radical (unpaired) electrons. The van der Waals surface area contributed by atoms with Crippen molar-refractivity contribution in [2.45, 2.75) is 68.4 Å². The first-order valence-electron chi connectivity index (χ1n) is 10.0. The third-order valence-corrected chi connectivity index (χ3v) is 5.98. The van der Waals surface area contributed by atoms with Crippen LogP contribution in [0, 0.1) is 0 Å². The number of methoxy groups -OCH3 is 1. The predicted molar refractivity (Wildman–Crippen MR) is 113 cm³/mol. The van der Waals surface area contributed by atoms with Gasteiger partial charge in [0.25, 0.3) is 5.56 Å². The molecule has 8 heteroatoms. The van der Waals surface area contributed by atoms with Gasteiger partial charge in [-0.15, -0.1) is 0 Å². The summed E-state index contributed by atoms with van der Waals surface area (Å²) in [5, 5.41) is 3.79. The van der Waals surface area contributed by atoms with E-state index in [2.05, 4.69) is 15.0 Å². The van der Waals surface area contributed by atoms with Crippen molar-refractivity contribution in [2.24, 2.45) is 0 Å². The summed E-state index contributed by atoms with van der Waals surface area (Å²) in [4.78, 5) is 41.3. The third kappa shape index (κ3) is 5.82. The number of nitrogens with zero attached hydrogens (tertiary/aromatic N) is 2. The number of hydrogen-bond donors (Lipinski definition) is 1. The molecule has 3 rings (SSSR count). The van der Waals surface area contributed by atoms with Crippen LogP contribution in [0.15, 0.2) is 34.2 Å². The number of carbonyl (C=O) groups excluding carboxylic acids is 2. The molecule has 1 aromatic heterocycles. The first-order valence-corrected chi connectivity index (χ1v) is 10.9. The zero-order valence-corrected chi connectivity index (χ0v) is 17.7. The molecule has 1 amide bonds. The van der Waals surface area contributed by atoms with E-state index in [1.54, 1.807) is 10.6 Å². The molecule has 156 valence electrons. The highest BCUT2D eigenvalue weighted by atomic mass is 32.2. The lowest BCUT2D eigenvalue weighted by molar-refractivity contribution is -0.140. The monoisotopic (exact) mass is 417 g/mol. The fraction of sp³-hybridized carbons (Fsp3) is 0.524. The van der Waals surface area contributed by atoms with Crippen LogP contribution in [0.3, 0.4) is 0 Å². The number of esters is 1. The van der Waals surface area contributed by atoms with E-state index in [0.717, 1.165) is 25.7 Å². The summed E-state index contributed by atoms with van der Waals surface area (Å²) in [5.74, 6) is -0.245.